The molecular weight excluding hydrogens is 164 g/mol. The predicted octanol–water partition coefficient (Wildman–Crippen LogP) is 1.06. The second-order valence-electron chi connectivity index (χ2n) is 4.40. The lowest BCUT2D eigenvalue weighted by Crippen LogP contribution is -2.42. The van der Waals surface area contributed by atoms with Gasteiger partial charge >= 0.3 is 6.03 Å². The van der Waals surface area contributed by atoms with Gasteiger partial charge in [-0.05, 0) is 5.41 Å². The van der Waals surface area contributed by atoms with Crippen LogP contribution in [-0.2, 0) is 0 Å². The van der Waals surface area contributed by atoms with Gasteiger partial charge in [0.1, 0.15) is 0 Å². The van der Waals surface area contributed by atoms with E-state index in [1.807, 2.05) is 0 Å². The highest BCUT2D eigenvalue weighted by atomic mass is 16.2. The molecule has 13 heavy (non-hydrogen) atoms. The molecule has 1 atom stereocenters. The van der Waals surface area contributed by atoms with Crippen molar-refractivity contribution in [2.45, 2.75) is 26.8 Å². The predicted molar refractivity (Wildman–Crippen MR) is 52.2 cm³/mol. The zero-order chi connectivity index (χ0) is 10.1. The van der Waals surface area contributed by atoms with Gasteiger partial charge in [0.25, 0.3) is 0 Å². The molecule has 0 saturated carbocycles. The highest BCUT2D eigenvalue weighted by Crippen LogP contribution is 2.26. The Morgan fingerprint density at radius 1 is 1.69 bits per heavy atom. The van der Waals surface area contributed by atoms with Crippen molar-refractivity contribution >= 4 is 6.03 Å². The molecule has 0 aliphatic carbocycles. The van der Waals surface area contributed by atoms with E-state index >= 15 is 0 Å². The number of carbonyl (C=O) groups is 1. The summed E-state index contributed by atoms with van der Waals surface area (Å²) in [7, 11) is 0. The highest BCUT2D eigenvalue weighted by molar-refractivity contribution is 5.77. The molecule has 0 bridgehead atoms. The molecule has 0 spiro atoms. The fourth-order valence-corrected chi connectivity index (χ4v) is 1.59. The van der Waals surface area contributed by atoms with Gasteiger partial charge in [0.2, 0.25) is 0 Å². The minimum Gasteiger partial charge on any atom is -0.336 e. The van der Waals surface area contributed by atoms with Gasteiger partial charge < -0.3 is 10.2 Å². The molecule has 1 rings (SSSR count). The maximum Gasteiger partial charge on any atom is 0.318 e. The van der Waals surface area contributed by atoms with Gasteiger partial charge in [-0.15, -0.1) is 6.42 Å². The fraction of sp³-hybridized carbons (Fsp3) is 0.700. The van der Waals surface area contributed by atoms with Gasteiger partial charge in [-0.25, -0.2) is 4.79 Å². The van der Waals surface area contributed by atoms with Crippen LogP contribution in [0.15, 0.2) is 0 Å². The molecule has 1 aliphatic heterocycles. The normalized spacial score (nSPS) is 22.8. The number of nitrogens with one attached hydrogen (secondary N) is 1. The Labute approximate surface area is 79.5 Å². The SMILES string of the molecule is C#CCN1C(=O)NCC1C(C)(C)C. The Morgan fingerprint density at radius 2 is 2.31 bits per heavy atom. The molecule has 2 amide bonds. The van der Waals surface area contributed by atoms with Crippen LogP contribution in [-0.4, -0.2) is 30.1 Å². The molecule has 3 heteroatoms. The lowest BCUT2D eigenvalue weighted by molar-refractivity contribution is 0.165. The lowest BCUT2D eigenvalue weighted by atomic mass is 9.86. The molecule has 1 fully saturated rings. The third-order valence-corrected chi connectivity index (χ3v) is 2.35. The summed E-state index contributed by atoms with van der Waals surface area (Å²) in [5.41, 5.74) is 0.0794. The number of terminal acetylenes is 1. The van der Waals surface area contributed by atoms with Crippen molar-refractivity contribution in [3.8, 4) is 12.3 Å². The molecule has 0 aromatic rings. The van der Waals surface area contributed by atoms with Gasteiger partial charge in [0, 0.05) is 6.54 Å². The van der Waals surface area contributed by atoms with E-state index < -0.39 is 0 Å². The van der Waals surface area contributed by atoms with Gasteiger partial charge in [-0.1, -0.05) is 26.7 Å². The second-order valence-corrected chi connectivity index (χ2v) is 4.40. The van der Waals surface area contributed by atoms with Gasteiger partial charge in [-0.3, -0.25) is 0 Å². The van der Waals surface area contributed by atoms with Crippen molar-refractivity contribution in [3.05, 3.63) is 0 Å². The van der Waals surface area contributed by atoms with E-state index in [1.165, 1.54) is 0 Å². The van der Waals surface area contributed by atoms with Crippen molar-refractivity contribution in [1.29, 1.82) is 0 Å². The van der Waals surface area contributed by atoms with Crippen LogP contribution in [0.4, 0.5) is 4.79 Å². The molecule has 0 aromatic heterocycles. The first-order valence-electron chi connectivity index (χ1n) is 4.44. The largest absolute Gasteiger partial charge is 0.336 e. The number of rotatable bonds is 1. The van der Waals surface area contributed by atoms with Crippen LogP contribution in [0.2, 0.25) is 0 Å². The van der Waals surface area contributed by atoms with Crippen molar-refractivity contribution in [3.63, 3.8) is 0 Å². The minimum atomic E-state index is -0.0436. The summed E-state index contributed by atoms with van der Waals surface area (Å²) >= 11 is 0. The number of amides is 2. The number of hydrogen-bond acceptors (Lipinski definition) is 1. The summed E-state index contributed by atoms with van der Waals surface area (Å²) in [6.07, 6.45) is 5.20. The summed E-state index contributed by atoms with van der Waals surface area (Å²) in [4.78, 5) is 13.1. The van der Waals surface area contributed by atoms with Crippen LogP contribution in [0, 0.1) is 17.8 Å². The van der Waals surface area contributed by atoms with Crippen molar-refractivity contribution in [2.24, 2.45) is 5.41 Å². The van der Waals surface area contributed by atoms with E-state index in [9.17, 15) is 4.79 Å². The highest BCUT2D eigenvalue weighted by Gasteiger charge is 2.37. The number of nitrogens with zero attached hydrogens (tertiary/aromatic N) is 1. The Hall–Kier alpha value is -1.17. The first-order valence-corrected chi connectivity index (χ1v) is 4.44. The Kier molecular flexibility index (Phi) is 2.51. The summed E-state index contributed by atoms with van der Waals surface area (Å²) in [6, 6.07) is 0.161. The van der Waals surface area contributed by atoms with Crippen LogP contribution >= 0.6 is 0 Å². The smallest absolute Gasteiger partial charge is 0.318 e. The topological polar surface area (TPSA) is 32.3 Å². The van der Waals surface area contributed by atoms with Crippen LogP contribution in [0.25, 0.3) is 0 Å². The third kappa shape index (κ3) is 1.95. The molecule has 72 valence electrons. The standard InChI is InChI=1S/C10H16N2O/c1-5-6-12-8(10(2,3)4)7-11-9(12)13/h1,8H,6-7H2,2-4H3,(H,11,13). The van der Waals surface area contributed by atoms with Crippen LogP contribution in [0.3, 0.4) is 0 Å². The van der Waals surface area contributed by atoms with E-state index in [4.69, 9.17) is 6.42 Å². The van der Waals surface area contributed by atoms with E-state index in [0.29, 0.717) is 13.1 Å². The maximum absolute atomic E-state index is 11.3. The Balaban J connectivity index is 2.77. The molecule has 1 unspecified atom stereocenters. The molecule has 0 aromatic carbocycles. The van der Waals surface area contributed by atoms with Crippen LogP contribution in [0.1, 0.15) is 20.8 Å². The van der Waals surface area contributed by atoms with Gasteiger partial charge in [-0.2, -0.15) is 0 Å². The van der Waals surface area contributed by atoms with E-state index in [-0.39, 0.29) is 17.5 Å². The monoisotopic (exact) mass is 180 g/mol. The first kappa shape index (κ1) is 9.91. The summed E-state index contributed by atoms with van der Waals surface area (Å²) in [6.45, 7) is 7.43. The molecular formula is C10H16N2O. The fourth-order valence-electron chi connectivity index (χ4n) is 1.59. The average molecular weight is 180 g/mol. The molecule has 3 nitrogen and oxygen atoms in total. The summed E-state index contributed by atoms with van der Waals surface area (Å²) in [5.74, 6) is 2.51. The summed E-state index contributed by atoms with van der Waals surface area (Å²) < 4.78 is 0. The van der Waals surface area contributed by atoms with Crippen molar-refractivity contribution < 1.29 is 4.79 Å². The van der Waals surface area contributed by atoms with Crippen LogP contribution in [0.5, 0.6) is 0 Å². The number of urea groups is 1. The maximum atomic E-state index is 11.3. The van der Waals surface area contributed by atoms with Gasteiger partial charge in [0.15, 0.2) is 0 Å². The third-order valence-electron chi connectivity index (χ3n) is 2.35. The minimum absolute atomic E-state index is 0.0436. The average Bonchev–Trinajstić information content (AvgIpc) is 2.32. The molecule has 1 N–H and O–H groups in total. The Morgan fingerprint density at radius 3 is 2.77 bits per heavy atom. The molecule has 0 radical (unpaired) electrons. The molecule has 1 saturated heterocycles. The van der Waals surface area contributed by atoms with Gasteiger partial charge in [0.05, 0.1) is 12.6 Å². The first-order chi connectivity index (χ1) is 5.96. The number of hydrogen-bond donors (Lipinski definition) is 1. The van der Waals surface area contributed by atoms with E-state index in [1.54, 1.807) is 4.90 Å². The Bertz CT molecular complexity index is 247. The van der Waals surface area contributed by atoms with Crippen molar-refractivity contribution in [1.82, 2.24) is 10.2 Å². The number of carbonyl (C=O) groups excluding carboxylic acids is 1. The lowest BCUT2D eigenvalue weighted by Gasteiger charge is -2.32. The van der Waals surface area contributed by atoms with Crippen molar-refractivity contribution in [2.75, 3.05) is 13.1 Å². The zero-order valence-corrected chi connectivity index (χ0v) is 8.42. The molecule has 1 heterocycles. The van der Waals surface area contributed by atoms with Crippen LogP contribution < -0.4 is 5.32 Å². The van der Waals surface area contributed by atoms with E-state index in [0.717, 1.165) is 0 Å². The zero-order valence-electron chi connectivity index (χ0n) is 8.42. The van der Waals surface area contributed by atoms with E-state index in [2.05, 4.69) is 32.0 Å². The quantitative estimate of drug-likeness (QED) is 0.601. The second kappa shape index (κ2) is 3.29. The molecule has 1 aliphatic rings. The summed E-state index contributed by atoms with van der Waals surface area (Å²) in [5, 5.41) is 2.80.